The first kappa shape index (κ1) is 14.7. The van der Waals surface area contributed by atoms with E-state index in [1.165, 1.54) is 4.31 Å². The number of primary amides is 1. The van der Waals surface area contributed by atoms with E-state index >= 15 is 0 Å². The van der Waals surface area contributed by atoms with Gasteiger partial charge in [-0.25, -0.2) is 12.7 Å². The monoisotopic (exact) mass is 289 g/mol. The summed E-state index contributed by atoms with van der Waals surface area (Å²) in [5.41, 5.74) is 5.17. The van der Waals surface area contributed by atoms with Gasteiger partial charge in [0.1, 0.15) is 0 Å². The molecule has 1 saturated heterocycles. The van der Waals surface area contributed by atoms with Gasteiger partial charge >= 0.3 is 0 Å². The Balaban J connectivity index is 1.77. The van der Waals surface area contributed by atoms with Crippen LogP contribution in [0.25, 0.3) is 0 Å². The van der Waals surface area contributed by atoms with Gasteiger partial charge in [0.05, 0.1) is 11.8 Å². The largest absolute Gasteiger partial charge is 0.369 e. The summed E-state index contributed by atoms with van der Waals surface area (Å²) in [6, 6.07) is 0. The van der Waals surface area contributed by atoms with Gasteiger partial charge in [-0.05, 0) is 44.7 Å². The fourth-order valence-corrected chi connectivity index (χ4v) is 4.29. The topological polar surface area (TPSA) is 83.7 Å². The molecule has 2 fully saturated rings. The molecule has 0 aromatic carbocycles. The van der Waals surface area contributed by atoms with E-state index in [1.54, 1.807) is 7.05 Å². The number of hydrogen-bond donors (Lipinski definition) is 1. The van der Waals surface area contributed by atoms with Crippen molar-refractivity contribution in [2.24, 2.45) is 11.7 Å². The lowest BCUT2D eigenvalue weighted by Gasteiger charge is -2.32. The molecule has 6 nitrogen and oxygen atoms in total. The Morgan fingerprint density at radius 2 is 1.84 bits per heavy atom. The van der Waals surface area contributed by atoms with Crippen LogP contribution >= 0.6 is 0 Å². The molecule has 2 rings (SSSR count). The van der Waals surface area contributed by atoms with Crippen molar-refractivity contribution in [3.8, 4) is 0 Å². The molecule has 1 saturated carbocycles. The van der Waals surface area contributed by atoms with Gasteiger partial charge in [-0.2, -0.15) is 0 Å². The SMILES string of the molecule is CN(CC1CCN(CC(N)=O)CC1)S(=O)(=O)C1CC1. The van der Waals surface area contributed by atoms with Crippen LogP contribution in [-0.2, 0) is 14.8 Å². The van der Waals surface area contributed by atoms with E-state index in [4.69, 9.17) is 5.73 Å². The predicted octanol–water partition coefficient (Wildman–Crippen LogP) is -0.392. The van der Waals surface area contributed by atoms with Crippen molar-refractivity contribution in [2.75, 3.05) is 33.2 Å². The Labute approximate surface area is 115 Å². The maximum absolute atomic E-state index is 12.0. The van der Waals surface area contributed by atoms with Crippen LogP contribution in [0.15, 0.2) is 0 Å². The Morgan fingerprint density at radius 3 is 2.32 bits per heavy atom. The normalized spacial score (nSPS) is 22.8. The average molecular weight is 289 g/mol. The van der Waals surface area contributed by atoms with Gasteiger partial charge in [-0.3, -0.25) is 9.69 Å². The van der Waals surface area contributed by atoms with Crippen molar-refractivity contribution in [1.29, 1.82) is 0 Å². The van der Waals surface area contributed by atoms with Crippen molar-refractivity contribution in [2.45, 2.75) is 30.9 Å². The van der Waals surface area contributed by atoms with E-state index in [0.29, 0.717) is 19.0 Å². The maximum atomic E-state index is 12.0. The minimum atomic E-state index is -3.05. The van der Waals surface area contributed by atoms with E-state index in [9.17, 15) is 13.2 Å². The molecular weight excluding hydrogens is 266 g/mol. The summed E-state index contributed by atoms with van der Waals surface area (Å²) in [7, 11) is -1.37. The van der Waals surface area contributed by atoms with Crippen LogP contribution in [0.2, 0.25) is 0 Å². The van der Waals surface area contributed by atoms with Gasteiger partial charge < -0.3 is 5.73 Å². The van der Waals surface area contributed by atoms with Crippen LogP contribution < -0.4 is 5.73 Å². The fourth-order valence-electron chi connectivity index (χ4n) is 2.64. The molecule has 2 aliphatic rings. The molecule has 0 bridgehead atoms. The second-order valence-electron chi connectivity index (χ2n) is 5.71. The first-order valence-corrected chi connectivity index (χ1v) is 8.35. The molecule has 2 N–H and O–H groups in total. The van der Waals surface area contributed by atoms with E-state index in [1.807, 2.05) is 4.90 Å². The van der Waals surface area contributed by atoms with Crippen LogP contribution in [0.4, 0.5) is 0 Å². The van der Waals surface area contributed by atoms with Crippen molar-refractivity contribution in [1.82, 2.24) is 9.21 Å². The summed E-state index contributed by atoms with van der Waals surface area (Å²) in [4.78, 5) is 12.9. The van der Waals surface area contributed by atoms with Gasteiger partial charge in [0.15, 0.2) is 0 Å². The third-order valence-electron chi connectivity index (χ3n) is 3.98. The molecule has 0 unspecified atom stereocenters. The summed E-state index contributed by atoms with van der Waals surface area (Å²) in [5.74, 6) is 0.0922. The molecule has 110 valence electrons. The molecular formula is C12H23N3O3S. The van der Waals surface area contributed by atoms with Crippen LogP contribution in [0.1, 0.15) is 25.7 Å². The summed E-state index contributed by atoms with van der Waals surface area (Å²) in [6.07, 6.45) is 3.48. The number of carbonyl (C=O) groups excluding carboxylic acids is 1. The smallest absolute Gasteiger partial charge is 0.231 e. The molecule has 1 heterocycles. The summed E-state index contributed by atoms with van der Waals surface area (Å²) in [6.45, 7) is 2.56. The second kappa shape index (κ2) is 5.76. The molecule has 1 aliphatic carbocycles. The maximum Gasteiger partial charge on any atom is 0.231 e. The zero-order valence-corrected chi connectivity index (χ0v) is 12.2. The number of rotatable bonds is 6. The van der Waals surface area contributed by atoms with Gasteiger partial charge in [0.25, 0.3) is 0 Å². The highest BCUT2D eigenvalue weighted by molar-refractivity contribution is 7.90. The Kier molecular flexibility index (Phi) is 4.47. The third kappa shape index (κ3) is 3.90. The standard InChI is InChI=1S/C12H23N3O3S/c1-14(19(17,18)11-2-3-11)8-10-4-6-15(7-5-10)9-12(13)16/h10-11H,2-9H2,1H3,(H2,13,16). The van der Waals surface area contributed by atoms with Gasteiger partial charge in [0, 0.05) is 13.6 Å². The first-order chi connectivity index (χ1) is 8.89. The van der Waals surface area contributed by atoms with E-state index in [-0.39, 0.29) is 11.2 Å². The lowest BCUT2D eigenvalue weighted by molar-refractivity contribution is -0.119. The Hall–Kier alpha value is -0.660. The van der Waals surface area contributed by atoms with Crippen molar-refractivity contribution < 1.29 is 13.2 Å². The highest BCUT2D eigenvalue weighted by atomic mass is 32.2. The van der Waals surface area contributed by atoms with Crippen LogP contribution in [-0.4, -0.2) is 62.0 Å². The van der Waals surface area contributed by atoms with Crippen LogP contribution in [0, 0.1) is 5.92 Å². The van der Waals surface area contributed by atoms with Gasteiger partial charge in [-0.15, -0.1) is 0 Å². The van der Waals surface area contributed by atoms with E-state index in [0.717, 1.165) is 38.8 Å². The van der Waals surface area contributed by atoms with Crippen molar-refractivity contribution in [3.63, 3.8) is 0 Å². The molecule has 19 heavy (non-hydrogen) atoms. The highest BCUT2D eigenvalue weighted by Crippen LogP contribution is 2.31. The fraction of sp³-hybridized carbons (Fsp3) is 0.917. The lowest BCUT2D eigenvalue weighted by atomic mass is 9.97. The number of carbonyl (C=O) groups is 1. The third-order valence-corrected chi connectivity index (χ3v) is 6.31. The number of amides is 1. The summed E-state index contributed by atoms with van der Waals surface area (Å²) >= 11 is 0. The minimum Gasteiger partial charge on any atom is -0.369 e. The Morgan fingerprint density at radius 1 is 1.26 bits per heavy atom. The molecule has 0 aromatic heterocycles. The van der Waals surface area contributed by atoms with E-state index in [2.05, 4.69) is 0 Å². The first-order valence-electron chi connectivity index (χ1n) is 6.85. The van der Waals surface area contributed by atoms with Gasteiger partial charge in [-0.1, -0.05) is 0 Å². The Bertz CT molecular complexity index is 426. The number of likely N-dealkylation sites (tertiary alicyclic amines) is 1. The van der Waals surface area contributed by atoms with Gasteiger partial charge in [0.2, 0.25) is 15.9 Å². The van der Waals surface area contributed by atoms with Crippen LogP contribution in [0.5, 0.6) is 0 Å². The van der Waals surface area contributed by atoms with Crippen molar-refractivity contribution >= 4 is 15.9 Å². The second-order valence-corrected chi connectivity index (χ2v) is 8.03. The minimum absolute atomic E-state index is 0.132. The molecule has 0 spiro atoms. The molecule has 0 atom stereocenters. The van der Waals surface area contributed by atoms with Crippen LogP contribution in [0.3, 0.4) is 0 Å². The quantitative estimate of drug-likeness (QED) is 0.721. The predicted molar refractivity (Wildman–Crippen MR) is 72.9 cm³/mol. The number of hydrogen-bond acceptors (Lipinski definition) is 4. The number of piperidine rings is 1. The lowest BCUT2D eigenvalue weighted by Crippen LogP contribution is -2.42. The molecule has 1 aliphatic heterocycles. The zero-order chi connectivity index (χ0) is 14.0. The summed E-state index contributed by atoms with van der Waals surface area (Å²) in [5, 5.41) is -0.132. The number of sulfonamides is 1. The molecule has 1 amide bonds. The van der Waals surface area contributed by atoms with E-state index < -0.39 is 10.0 Å². The zero-order valence-electron chi connectivity index (χ0n) is 11.4. The average Bonchev–Trinajstić information content (AvgIpc) is 3.15. The van der Waals surface area contributed by atoms with Crippen molar-refractivity contribution in [3.05, 3.63) is 0 Å². The molecule has 7 heteroatoms. The highest BCUT2D eigenvalue weighted by Gasteiger charge is 2.39. The molecule has 0 aromatic rings. The summed E-state index contributed by atoms with van der Waals surface area (Å²) < 4.78 is 25.6. The molecule has 0 radical (unpaired) electrons. The number of nitrogens with zero attached hydrogens (tertiary/aromatic N) is 2. The number of nitrogens with two attached hydrogens (primary N) is 1.